The van der Waals surface area contributed by atoms with Crippen LogP contribution in [0.25, 0.3) is 0 Å². The van der Waals surface area contributed by atoms with Crippen LogP contribution < -0.4 is 4.90 Å². The maximum atomic E-state index is 14.0. The maximum absolute atomic E-state index is 14.0. The fourth-order valence-electron chi connectivity index (χ4n) is 6.38. The lowest BCUT2D eigenvalue weighted by Crippen LogP contribution is -2.57. The van der Waals surface area contributed by atoms with Crippen LogP contribution in [-0.4, -0.2) is 77.4 Å². The molecule has 2 aromatic carbocycles. The molecule has 0 aliphatic carbocycles. The molecule has 0 radical (unpaired) electrons. The van der Waals surface area contributed by atoms with Gasteiger partial charge >= 0.3 is 0 Å². The molecule has 5 rings (SSSR count). The normalized spacial score (nSPS) is 21.5. The van der Waals surface area contributed by atoms with Gasteiger partial charge in [0.05, 0.1) is 6.67 Å². The average Bonchev–Trinajstić information content (AvgIpc) is 3.19. The summed E-state index contributed by atoms with van der Waals surface area (Å²) in [5.74, 6) is 0.543. The summed E-state index contributed by atoms with van der Waals surface area (Å²) >= 11 is 0. The number of anilines is 1. The maximum Gasteiger partial charge on any atom is 0.253 e. The predicted molar refractivity (Wildman–Crippen MR) is 153 cm³/mol. The third kappa shape index (κ3) is 5.41. The number of likely N-dealkylation sites (tertiary alicyclic amines) is 2. The summed E-state index contributed by atoms with van der Waals surface area (Å²) in [4.78, 5) is 48.3. The molecular formula is C32H42N4O3. The van der Waals surface area contributed by atoms with E-state index in [1.165, 1.54) is 5.56 Å². The molecule has 0 N–H and O–H groups in total. The highest BCUT2D eigenvalue weighted by atomic mass is 16.2. The molecule has 3 saturated heterocycles. The Morgan fingerprint density at radius 1 is 0.923 bits per heavy atom. The third-order valence-electron chi connectivity index (χ3n) is 8.79. The van der Waals surface area contributed by atoms with E-state index in [4.69, 9.17) is 0 Å². The molecule has 1 unspecified atom stereocenters. The molecule has 1 spiro atoms. The van der Waals surface area contributed by atoms with Crippen molar-refractivity contribution in [3.8, 4) is 0 Å². The van der Waals surface area contributed by atoms with Crippen molar-refractivity contribution in [2.45, 2.75) is 64.3 Å². The topological polar surface area (TPSA) is 64.2 Å². The van der Waals surface area contributed by atoms with Gasteiger partial charge in [0, 0.05) is 37.4 Å². The van der Waals surface area contributed by atoms with Gasteiger partial charge in [0.1, 0.15) is 12.1 Å². The first-order chi connectivity index (χ1) is 18.6. The van der Waals surface area contributed by atoms with E-state index in [0.29, 0.717) is 44.1 Å². The largest absolute Gasteiger partial charge is 0.341 e. The van der Waals surface area contributed by atoms with E-state index >= 15 is 0 Å². The Balaban J connectivity index is 1.32. The molecule has 208 valence electrons. The van der Waals surface area contributed by atoms with Crippen molar-refractivity contribution >= 4 is 23.4 Å². The van der Waals surface area contributed by atoms with Gasteiger partial charge in [-0.15, -0.1) is 0 Å². The Bertz CT molecular complexity index is 1200. The summed E-state index contributed by atoms with van der Waals surface area (Å²) in [7, 11) is 0. The number of rotatable bonds is 4. The standard InChI is InChI=1S/C32H42N4O3/c1-24-9-8-18-34(21-24)28(37)22-35-23-36(27-10-6-5-7-11-27)32(30(35)39)16-19-33(20-17-32)29(38)25-12-14-26(15-13-25)31(2,3)4/h5-7,10-15,24H,8-9,16-23H2,1-4H3. The van der Waals surface area contributed by atoms with Crippen molar-refractivity contribution in [1.29, 1.82) is 0 Å². The van der Waals surface area contributed by atoms with Gasteiger partial charge in [-0.1, -0.05) is 58.0 Å². The van der Waals surface area contributed by atoms with E-state index in [9.17, 15) is 14.4 Å². The number of benzene rings is 2. The van der Waals surface area contributed by atoms with Gasteiger partial charge in [0.2, 0.25) is 5.91 Å². The lowest BCUT2D eigenvalue weighted by molar-refractivity contribution is -0.141. The molecule has 3 amide bonds. The van der Waals surface area contributed by atoms with Crippen LogP contribution in [0.15, 0.2) is 54.6 Å². The Morgan fingerprint density at radius 3 is 2.21 bits per heavy atom. The van der Waals surface area contributed by atoms with Crippen LogP contribution in [0.2, 0.25) is 0 Å². The molecule has 3 aliphatic heterocycles. The second-order valence-corrected chi connectivity index (χ2v) is 12.6. The zero-order chi connectivity index (χ0) is 27.8. The quantitative estimate of drug-likeness (QED) is 0.583. The lowest BCUT2D eigenvalue weighted by atomic mass is 9.84. The summed E-state index contributed by atoms with van der Waals surface area (Å²) in [6, 6.07) is 17.9. The summed E-state index contributed by atoms with van der Waals surface area (Å²) in [6.07, 6.45) is 3.24. The van der Waals surface area contributed by atoms with Gasteiger partial charge < -0.3 is 19.6 Å². The molecule has 1 atom stereocenters. The number of carbonyl (C=O) groups is 3. The molecule has 7 nitrogen and oxygen atoms in total. The molecule has 0 aromatic heterocycles. The number of para-hydroxylation sites is 1. The van der Waals surface area contributed by atoms with Crippen molar-refractivity contribution in [3.05, 3.63) is 65.7 Å². The molecule has 2 aromatic rings. The second-order valence-electron chi connectivity index (χ2n) is 12.6. The van der Waals surface area contributed by atoms with Gasteiger partial charge in [-0.2, -0.15) is 0 Å². The summed E-state index contributed by atoms with van der Waals surface area (Å²) in [5.41, 5.74) is 2.14. The van der Waals surface area contributed by atoms with Gasteiger partial charge in [-0.3, -0.25) is 14.4 Å². The van der Waals surface area contributed by atoms with Gasteiger partial charge in [0.15, 0.2) is 0 Å². The smallest absolute Gasteiger partial charge is 0.253 e. The highest BCUT2D eigenvalue weighted by Gasteiger charge is 2.54. The first-order valence-electron chi connectivity index (χ1n) is 14.4. The Labute approximate surface area is 232 Å². The molecule has 3 fully saturated rings. The molecule has 39 heavy (non-hydrogen) atoms. The summed E-state index contributed by atoms with van der Waals surface area (Å²) in [5, 5.41) is 0. The van der Waals surface area contributed by atoms with E-state index < -0.39 is 5.54 Å². The predicted octanol–water partition coefficient (Wildman–Crippen LogP) is 4.52. The number of hydrogen-bond donors (Lipinski definition) is 0. The highest BCUT2D eigenvalue weighted by Crippen LogP contribution is 2.40. The van der Waals surface area contributed by atoms with Crippen LogP contribution in [0, 0.1) is 5.92 Å². The summed E-state index contributed by atoms with van der Waals surface area (Å²) < 4.78 is 0. The van der Waals surface area contributed by atoms with Crippen LogP contribution in [0.5, 0.6) is 0 Å². The molecule has 0 bridgehead atoms. The zero-order valence-corrected chi connectivity index (χ0v) is 23.9. The molecule has 7 heteroatoms. The third-order valence-corrected chi connectivity index (χ3v) is 8.79. The number of amides is 3. The van der Waals surface area contributed by atoms with Crippen molar-refractivity contribution in [3.63, 3.8) is 0 Å². The lowest BCUT2D eigenvalue weighted by Gasteiger charge is -2.43. The highest BCUT2D eigenvalue weighted by molar-refractivity contribution is 5.97. The van der Waals surface area contributed by atoms with Crippen molar-refractivity contribution in [2.24, 2.45) is 5.92 Å². The molecular weight excluding hydrogens is 488 g/mol. The minimum Gasteiger partial charge on any atom is -0.341 e. The monoisotopic (exact) mass is 530 g/mol. The van der Waals surface area contributed by atoms with Crippen molar-refractivity contribution < 1.29 is 14.4 Å². The van der Waals surface area contributed by atoms with Crippen molar-refractivity contribution in [2.75, 3.05) is 44.3 Å². The minimum atomic E-state index is -0.746. The number of hydrogen-bond acceptors (Lipinski definition) is 4. The van der Waals surface area contributed by atoms with Crippen LogP contribution in [0.3, 0.4) is 0 Å². The van der Waals surface area contributed by atoms with Gasteiger partial charge in [-0.05, 0) is 66.8 Å². The first kappa shape index (κ1) is 27.2. The van der Waals surface area contributed by atoms with Crippen molar-refractivity contribution in [1.82, 2.24) is 14.7 Å². The SMILES string of the molecule is CC1CCCN(C(=O)CN2CN(c3ccccc3)C3(CCN(C(=O)c4ccc(C(C)(C)C)cc4)CC3)C2=O)C1. The Kier molecular flexibility index (Phi) is 7.45. The zero-order valence-electron chi connectivity index (χ0n) is 23.9. The van der Waals surface area contributed by atoms with Gasteiger partial charge in [-0.25, -0.2) is 0 Å². The number of piperidine rings is 2. The molecule has 3 heterocycles. The van der Waals surface area contributed by atoms with Gasteiger partial charge in [0.25, 0.3) is 11.8 Å². The number of carbonyl (C=O) groups excluding carboxylic acids is 3. The van der Waals surface area contributed by atoms with Crippen LogP contribution in [-0.2, 0) is 15.0 Å². The van der Waals surface area contributed by atoms with Crippen LogP contribution in [0.1, 0.15) is 69.3 Å². The minimum absolute atomic E-state index is 0.00592. The second kappa shape index (κ2) is 10.7. The van der Waals surface area contributed by atoms with Crippen LogP contribution >= 0.6 is 0 Å². The van der Waals surface area contributed by atoms with E-state index in [1.807, 2.05) is 64.4 Å². The Hall–Kier alpha value is -3.35. The fraction of sp³-hybridized carbons (Fsp3) is 0.531. The summed E-state index contributed by atoms with van der Waals surface area (Å²) in [6.45, 7) is 11.7. The van der Waals surface area contributed by atoms with E-state index in [-0.39, 0.29) is 29.7 Å². The Morgan fingerprint density at radius 2 is 1.59 bits per heavy atom. The van der Waals surface area contributed by atoms with E-state index in [1.54, 1.807) is 4.90 Å². The molecule has 0 saturated carbocycles. The van der Waals surface area contributed by atoms with Crippen LogP contribution in [0.4, 0.5) is 5.69 Å². The molecule has 3 aliphatic rings. The van der Waals surface area contributed by atoms with E-state index in [2.05, 4.69) is 32.6 Å². The fourth-order valence-corrected chi connectivity index (χ4v) is 6.38. The first-order valence-corrected chi connectivity index (χ1v) is 14.4. The number of nitrogens with zero attached hydrogens (tertiary/aromatic N) is 4. The average molecular weight is 531 g/mol. The van der Waals surface area contributed by atoms with E-state index in [0.717, 1.165) is 31.6 Å².